The number of rotatable bonds is 4. The lowest BCUT2D eigenvalue weighted by Crippen LogP contribution is -2.14. The average Bonchev–Trinajstić information content (AvgIpc) is 2.49. The molecule has 2 aromatic rings. The molecule has 1 aromatic heterocycles. The van der Waals surface area contributed by atoms with Crippen molar-refractivity contribution in [2.75, 3.05) is 24.8 Å². The molecule has 0 spiro atoms. The van der Waals surface area contributed by atoms with E-state index in [1.165, 1.54) is 31.5 Å². The molecule has 0 radical (unpaired) electrons. The van der Waals surface area contributed by atoms with Crippen molar-refractivity contribution in [1.29, 1.82) is 0 Å². The molecule has 20 heavy (non-hydrogen) atoms. The van der Waals surface area contributed by atoms with Crippen molar-refractivity contribution < 1.29 is 13.9 Å². The van der Waals surface area contributed by atoms with Crippen molar-refractivity contribution in [1.82, 2.24) is 4.98 Å². The Bertz CT molecular complexity index is 632. The molecule has 0 unspecified atom stereocenters. The molecule has 0 aliphatic heterocycles. The first-order chi connectivity index (χ1) is 9.63. The average molecular weight is 275 g/mol. The summed E-state index contributed by atoms with van der Waals surface area (Å²) in [5, 5.41) is 5.56. The van der Waals surface area contributed by atoms with E-state index in [2.05, 4.69) is 15.6 Å². The predicted octanol–water partition coefficient (Wildman–Crippen LogP) is 2.52. The number of aromatic nitrogens is 1. The van der Waals surface area contributed by atoms with E-state index >= 15 is 0 Å². The van der Waals surface area contributed by atoms with Crippen molar-refractivity contribution in [2.24, 2.45) is 0 Å². The number of halogens is 1. The molecular formula is C14H14FN3O2. The summed E-state index contributed by atoms with van der Waals surface area (Å²) in [4.78, 5) is 16.0. The fourth-order valence-corrected chi connectivity index (χ4v) is 1.64. The van der Waals surface area contributed by atoms with Gasteiger partial charge in [0.05, 0.1) is 7.11 Å². The minimum atomic E-state index is -0.485. The lowest BCUT2D eigenvalue weighted by atomic mass is 10.2. The number of amides is 1. The Morgan fingerprint density at radius 3 is 2.75 bits per heavy atom. The van der Waals surface area contributed by atoms with Gasteiger partial charge in [0.1, 0.15) is 5.69 Å². The fourth-order valence-electron chi connectivity index (χ4n) is 1.64. The molecule has 1 amide bonds. The SMILES string of the molecule is CNc1ccnc(C(=O)Nc2ccc(F)c(OC)c2)c1. The van der Waals surface area contributed by atoms with Gasteiger partial charge in [0, 0.05) is 30.7 Å². The third-order valence-electron chi connectivity index (χ3n) is 2.69. The summed E-state index contributed by atoms with van der Waals surface area (Å²) in [5.41, 5.74) is 1.48. The predicted molar refractivity (Wildman–Crippen MR) is 74.7 cm³/mol. The van der Waals surface area contributed by atoms with Crippen molar-refractivity contribution in [3.63, 3.8) is 0 Å². The van der Waals surface area contributed by atoms with Crippen LogP contribution in [0, 0.1) is 5.82 Å². The molecular weight excluding hydrogens is 261 g/mol. The summed E-state index contributed by atoms with van der Waals surface area (Å²) in [7, 11) is 3.11. The molecule has 0 saturated heterocycles. The number of carbonyl (C=O) groups is 1. The Morgan fingerprint density at radius 1 is 1.25 bits per heavy atom. The Labute approximate surface area is 115 Å². The normalized spacial score (nSPS) is 9.95. The molecule has 104 valence electrons. The number of anilines is 2. The molecule has 0 aliphatic rings. The molecule has 0 atom stereocenters. The summed E-state index contributed by atoms with van der Waals surface area (Å²) in [6, 6.07) is 7.46. The van der Waals surface area contributed by atoms with Crippen LogP contribution in [0.5, 0.6) is 5.75 Å². The summed E-state index contributed by atoms with van der Waals surface area (Å²) in [6.45, 7) is 0. The number of pyridine rings is 1. The second kappa shape index (κ2) is 6.01. The summed E-state index contributed by atoms with van der Waals surface area (Å²) in [5.74, 6) is -0.795. The van der Waals surface area contributed by atoms with Crippen molar-refractivity contribution in [3.05, 3.63) is 48.0 Å². The number of hydrogen-bond acceptors (Lipinski definition) is 4. The van der Waals surface area contributed by atoms with E-state index in [-0.39, 0.29) is 17.4 Å². The Morgan fingerprint density at radius 2 is 2.05 bits per heavy atom. The first-order valence-corrected chi connectivity index (χ1v) is 5.92. The molecule has 1 heterocycles. The highest BCUT2D eigenvalue weighted by Gasteiger charge is 2.10. The monoisotopic (exact) mass is 275 g/mol. The van der Waals surface area contributed by atoms with E-state index < -0.39 is 5.82 Å². The lowest BCUT2D eigenvalue weighted by molar-refractivity contribution is 0.102. The van der Waals surface area contributed by atoms with Crippen LogP contribution >= 0.6 is 0 Å². The van der Waals surface area contributed by atoms with Crippen LogP contribution < -0.4 is 15.4 Å². The number of carbonyl (C=O) groups excluding carboxylic acids is 1. The van der Waals surface area contributed by atoms with E-state index in [0.717, 1.165) is 5.69 Å². The maximum Gasteiger partial charge on any atom is 0.274 e. The second-order valence-corrected chi connectivity index (χ2v) is 3.98. The Hall–Kier alpha value is -2.63. The standard InChI is InChI=1S/C14H14FN3O2/c1-16-9-5-6-17-12(7-9)14(19)18-10-3-4-11(15)13(8-10)20-2/h3-8H,1-2H3,(H,16,17)(H,18,19). The van der Waals surface area contributed by atoms with Gasteiger partial charge in [-0.3, -0.25) is 9.78 Å². The van der Waals surface area contributed by atoms with Gasteiger partial charge in [-0.15, -0.1) is 0 Å². The van der Waals surface area contributed by atoms with E-state index in [1.54, 1.807) is 19.2 Å². The van der Waals surface area contributed by atoms with Crippen LogP contribution in [0.2, 0.25) is 0 Å². The van der Waals surface area contributed by atoms with Gasteiger partial charge < -0.3 is 15.4 Å². The van der Waals surface area contributed by atoms with Crippen molar-refractivity contribution >= 4 is 17.3 Å². The Kier molecular flexibility index (Phi) is 4.14. The highest BCUT2D eigenvalue weighted by Crippen LogP contribution is 2.21. The third-order valence-corrected chi connectivity index (χ3v) is 2.69. The maximum absolute atomic E-state index is 13.3. The minimum Gasteiger partial charge on any atom is -0.494 e. The van der Waals surface area contributed by atoms with Gasteiger partial charge in [0.25, 0.3) is 5.91 Å². The van der Waals surface area contributed by atoms with Crippen molar-refractivity contribution in [2.45, 2.75) is 0 Å². The van der Waals surface area contributed by atoms with Crippen LogP contribution in [0.3, 0.4) is 0 Å². The zero-order chi connectivity index (χ0) is 14.5. The van der Waals surface area contributed by atoms with Gasteiger partial charge in [-0.25, -0.2) is 4.39 Å². The van der Waals surface area contributed by atoms with Gasteiger partial charge in [-0.1, -0.05) is 0 Å². The number of nitrogens with one attached hydrogen (secondary N) is 2. The second-order valence-electron chi connectivity index (χ2n) is 3.98. The quantitative estimate of drug-likeness (QED) is 0.900. The van der Waals surface area contributed by atoms with E-state index in [9.17, 15) is 9.18 Å². The summed E-state index contributed by atoms with van der Waals surface area (Å²) in [6.07, 6.45) is 1.53. The highest BCUT2D eigenvalue weighted by molar-refractivity contribution is 6.03. The lowest BCUT2D eigenvalue weighted by Gasteiger charge is -2.08. The minimum absolute atomic E-state index is 0.0692. The summed E-state index contributed by atoms with van der Waals surface area (Å²) < 4.78 is 18.1. The van der Waals surface area contributed by atoms with Crippen LogP contribution in [0.15, 0.2) is 36.5 Å². The first-order valence-electron chi connectivity index (χ1n) is 5.92. The molecule has 2 N–H and O–H groups in total. The van der Waals surface area contributed by atoms with Crippen LogP contribution in [0.4, 0.5) is 15.8 Å². The number of hydrogen-bond donors (Lipinski definition) is 2. The maximum atomic E-state index is 13.3. The topological polar surface area (TPSA) is 63.2 Å². The van der Waals surface area contributed by atoms with Gasteiger partial charge >= 0.3 is 0 Å². The van der Waals surface area contributed by atoms with E-state index in [4.69, 9.17) is 4.74 Å². The van der Waals surface area contributed by atoms with Gasteiger partial charge in [0.15, 0.2) is 11.6 Å². The molecule has 0 saturated carbocycles. The van der Waals surface area contributed by atoms with E-state index in [0.29, 0.717) is 5.69 Å². The number of nitrogens with zero attached hydrogens (tertiary/aromatic N) is 1. The van der Waals surface area contributed by atoms with Gasteiger partial charge in [0.2, 0.25) is 0 Å². The molecule has 1 aromatic carbocycles. The molecule has 5 nitrogen and oxygen atoms in total. The zero-order valence-electron chi connectivity index (χ0n) is 11.1. The Balaban J connectivity index is 2.18. The smallest absolute Gasteiger partial charge is 0.274 e. The highest BCUT2D eigenvalue weighted by atomic mass is 19.1. The van der Waals surface area contributed by atoms with E-state index in [1.807, 2.05) is 0 Å². The van der Waals surface area contributed by atoms with Crippen LogP contribution in [-0.4, -0.2) is 25.0 Å². The third kappa shape index (κ3) is 3.03. The van der Waals surface area contributed by atoms with Gasteiger partial charge in [-0.2, -0.15) is 0 Å². The first kappa shape index (κ1) is 13.8. The molecule has 0 bridgehead atoms. The van der Waals surface area contributed by atoms with Gasteiger partial charge in [-0.05, 0) is 24.3 Å². The molecule has 2 rings (SSSR count). The number of benzene rings is 1. The van der Waals surface area contributed by atoms with Crippen LogP contribution in [-0.2, 0) is 0 Å². The zero-order valence-corrected chi connectivity index (χ0v) is 11.1. The molecule has 0 fully saturated rings. The molecule has 6 heteroatoms. The largest absolute Gasteiger partial charge is 0.494 e. The van der Waals surface area contributed by atoms with Crippen LogP contribution in [0.25, 0.3) is 0 Å². The number of methoxy groups -OCH3 is 1. The summed E-state index contributed by atoms with van der Waals surface area (Å²) >= 11 is 0. The fraction of sp³-hybridized carbons (Fsp3) is 0.143. The van der Waals surface area contributed by atoms with Crippen LogP contribution in [0.1, 0.15) is 10.5 Å². The van der Waals surface area contributed by atoms with Crippen molar-refractivity contribution in [3.8, 4) is 5.75 Å². The number of ether oxygens (including phenoxy) is 1. The molecule has 0 aliphatic carbocycles.